The van der Waals surface area contributed by atoms with E-state index in [1.165, 1.54) is 0 Å². The average molecular weight is 293 g/mol. The smallest absolute Gasteiger partial charge is 0.267 e. The number of para-hydroxylation sites is 1. The van der Waals surface area contributed by atoms with Crippen LogP contribution in [0.4, 0.5) is 0 Å². The van der Waals surface area contributed by atoms with E-state index in [2.05, 4.69) is 10.2 Å². The Bertz CT molecular complexity index is 682. The number of nitrogens with zero attached hydrogens (tertiary/aromatic N) is 1. The van der Waals surface area contributed by atoms with E-state index in [9.17, 15) is 9.59 Å². The first-order valence-electron chi connectivity index (χ1n) is 6.02. The van der Waals surface area contributed by atoms with Crippen LogP contribution in [0, 0.1) is 0 Å². The van der Waals surface area contributed by atoms with Crippen LogP contribution < -0.4 is 10.3 Å². The van der Waals surface area contributed by atoms with Crippen LogP contribution in [0.25, 0.3) is 11.3 Å². The second kappa shape index (κ2) is 6.34. The summed E-state index contributed by atoms with van der Waals surface area (Å²) in [6.07, 6.45) is 0.391. The monoisotopic (exact) mass is 292 g/mol. The number of aromatic nitrogens is 2. The first-order chi connectivity index (χ1) is 9.61. The summed E-state index contributed by atoms with van der Waals surface area (Å²) in [6.45, 7) is 0. The normalized spacial score (nSPS) is 10.3. The zero-order chi connectivity index (χ0) is 14.5. The SMILES string of the molecule is COc1ccccc1-c1cc(CCC(=O)Cl)c(=O)[nH]n1. The number of nitrogens with one attached hydrogen (secondary N) is 1. The quantitative estimate of drug-likeness (QED) is 0.857. The lowest BCUT2D eigenvalue weighted by Gasteiger charge is -2.08. The summed E-state index contributed by atoms with van der Waals surface area (Å²) >= 11 is 5.30. The lowest BCUT2D eigenvalue weighted by atomic mass is 10.1. The summed E-state index contributed by atoms with van der Waals surface area (Å²) in [6, 6.07) is 9.00. The van der Waals surface area contributed by atoms with Gasteiger partial charge in [0.2, 0.25) is 5.24 Å². The molecule has 0 atom stereocenters. The van der Waals surface area contributed by atoms with Crippen molar-refractivity contribution in [2.75, 3.05) is 7.11 Å². The van der Waals surface area contributed by atoms with E-state index < -0.39 is 5.24 Å². The first kappa shape index (κ1) is 14.3. The average Bonchev–Trinajstić information content (AvgIpc) is 2.46. The molecule has 2 rings (SSSR count). The lowest BCUT2D eigenvalue weighted by molar-refractivity contribution is -0.111. The predicted molar refractivity (Wildman–Crippen MR) is 76.0 cm³/mol. The topological polar surface area (TPSA) is 72.1 Å². The number of hydrogen-bond donors (Lipinski definition) is 1. The van der Waals surface area contributed by atoms with Gasteiger partial charge in [-0.3, -0.25) is 9.59 Å². The molecule has 0 aliphatic heterocycles. The van der Waals surface area contributed by atoms with Crippen molar-refractivity contribution in [3.8, 4) is 17.0 Å². The molecule has 0 saturated carbocycles. The number of carbonyl (C=O) groups excluding carboxylic acids is 1. The third-order valence-electron chi connectivity index (χ3n) is 2.85. The summed E-state index contributed by atoms with van der Waals surface area (Å²) < 4.78 is 5.26. The maximum atomic E-state index is 11.7. The Balaban J connectivity index is 2.40. The van der Waals surface area contributed by atoms with Crippen LogP contribution >= 0.6 is 11.6 Å². The minimum Gasteiger partial charge on any atom is -0.496 e. The van der Waals surface area contributed by atoms with Crippen molar-refractivity contribution in [2.24, 2.45) is 0 Å². The molecule has 0 unspecified atom stereocenters. The van der Waals surface area contributed by atoms with Crippen LogP contribution in [0.2, 0.25) is 0 Å². The van der Waals surface area contributed by atoms with Crippen molar-refractivity contribution >= 4 is 16.8 Å². The highest BCUT2D eigenvalue weighted by Crippen LogP contribution is 2.27. The molecule has 1 heterocycles. The maximum absolute atomic E-state index is 11.7. The Labute approximate surface area is 120 Å². The molecule has 0 bridgehead atoms. The highest BCUT2D eigenvalue weighted by molar-refractivity contribution is 6.63. The number of aryl methyl sites for hydroxylation is 1. The lowest BCUT2D eigenvalue weighted by Crippen LogP contribution is -2.15. The van der Waals surface area contributed by atoms with Gasteiger partial charge in [0.05, 0.1) is 12.8 Å². The maximum Gasteiger partial charge on any atom is 0.267 e. The van der Waals surface area contributed by atoms with Crippen LogP contribution in [0.5, 0.6) is 5.75 Å². The Kier molecular flexibility index (Phi) is 4.53. The summed E-state index contributed by atoms with van der Waals surface area (Å²) in [5.74, 6) is 0.659. The molecular formula is C14H13ClN2O3. The minimum atomic E-state index is -0.472. The van der Waals surface area contributed by atoms with E-state index in [4.69, 9.17) is 16.3 Å². The molecule has 5 nitrogen and oxygen atoms in total. The number of benzene rings is 1. The molecule has 0 radical (unpaired) electrons. The number of hydrogen-bond acceptors (Lipinski definition) is 4. The van der Waals surface area contributed by atoms with Gasteiger partial charge in [-0.15, -0.1) is 0 Å². The van der Waals surface area contributed by atoms with Gasteiger partial charge < -0.3 is 4.74 Å². The van der Waals surface area contributed by atoms with E-state index in [1.54, 1.807) is 13.2 Å². The second-order valence-corrected chi connectivity index (χ2v) is 4.58. The molecule has 0 spiro atoms. The van der Waals surface area contributed by atoms with Crippen LogP contribution in [0.3, 0.4) is 0 Å². The van der Waals surface area contributed by atoms with Gasteiger partial charge in [0.1, 0.15) is 5.75 Å². The van der Waals surface area contributed by atoms with Crippen molar-refractivity contribution in [3.05, 3.63) is 46.2 Å². The van der Waals surface area contributed by atoms with Gasteiger partial charge in [-0.05, 0) is 36.2 Å². The van der Waals surface area contributed by atoms with Crippen LogP contribution in [-0.4, -0.2) is 22.5 Å². The number of rotatable bonds is 5. The summed E-state index contributed by atoms with van der Waals surface area (Å²) in [4.78, 5) is 22.5. The van der Waals surface area contributed by atoms with Gasteiger partial charge >= 0.3 is 0 Å². The largest absolute Gasteiger partial charge is 0.496 e. The highest BCUT2D eigenvalue weighted by Gasteiger charge is 2.10. The molecule has 0 aliphatic rings. The molecule has 0 aliphatic carbocycles. The molecule has 0 saturated heterocycles. The van der Waals surface area contributed by atoms with Crippen molar-refractivity contribution in [3.63, 3.8) is 0 Å². The molecule has 1 aromatic heterocycles. The summed E-state index contributed by atoms with van der Waals surface area (Å²) in [5, 5.41) is 5.96. The van der Waals surface area contributed by atoms with E-state index >= 15 is 0 Å². The Hall–Kier alpha value is -2.14. The van der Waals surface area contributed by atoms with Crippen molar-refractivity contribution in [1.82, 2.24) is 10.2 Å². The Morgan fingerprint density at radius 1 is 1.40 bits per heavy atom. The van der Waals surface area contributed by atoms with Gasteiger partial charge in [0.15, 0.2) is 0 Å². The van der Waals surface area contributed by atoms with Gasteiger partial charge in [-0.1, -0.05) is 12.1 Å². The van der Waals surface area contributed by atoms with Crippen molar-refractivity contribution in [2.45, 2.75) is 12.8 Å². The Morgan fingerprint density at radius 2 is 2.15 bits per heavy atom. The first-order valence-corrected chi connectivity index (χ1v) is 6.40. The molecule has 2 aromatic rings. The van der Waals surface area contributed by atoms with E-state index in [-0.39, 0.29) is 18.4 Å². The number of halogens is 1. The molecule has 1 N–H and O–H groups in total. The van der Waals surface area contributed by atoms with Crippen LogP contribution in [-0.2, 0) is 11.2 Å². The number of carbonyl (C=O) groups is 1. The zero-order valence-electron chi connectivity index (χ0n) is 10.9. The van der Waals surface area contributed by atoms with Gasteiger partial charge in [-0.25, -0.2) is 5.10 Å². The third kappa shape index (κ3) is 3.24. The van der Waals surface area contributed by atoms with E-state index in [1.807, 2.05) is 24.3 Å². The fourth-order valence-electron chi connectivity index (χ4n) is 1.86. The molecule has 0 amide bonds. The standard InChI is InChI=1S/C14H13ClN2O3/c1-20-12-5-3-2-4-10(12)11-8-9(6-7-13(15)18)14(19)17-16-11/h2-5,8H,6-7H2,1H3,(H,17,19). The third-order valence-corrected chi connectivity index (χ3v) is 3.04. The number of ether oxygens (including phenoxy) is 1. The number of methoxy groups -OCH3 is 1. The molecule has 20 heavy (non-hydrogen) atoms. The summed E-state index contributed by atoms with van der Waals surface area (Å²) in [5.41, 5.74) is 1.50. The number of H-pyrrole nitrogens is 1. The van der Waals surface area contributed by atoms with Gasteiger partial charge in [0, 0.05) is 17.5 Å². The summed E-state index contributed by atoms with van der Waals surface area (Å²) in [7, 11) is 1.57. The van der Waals surface area contributed by atoms with Gasteiger partial charge in [-0.2, -0.15) is 5.10 Å². The van der Waals surface area contributed by atoms with Crippen LogP contribution in [0.15, 0.2) is 35.1 Å². The number of aromatic amines is 1. The fraction of sp³-hybridized carbons (Fsp3) is 0.214. The molecule has 104 valence electrons. The second-order valence-electron chi connectivity index (χ2n) is 4.16. The van der Waals surface area contributed by atoms with Crippen molar-refractivity contribution in [1.29, 1.82) is 0 Å². The molecular weight excluding hydrogens is 280 g/mol. The van der Waals surface area contributed by atoms with Crippen LogP contribution in [0.1, 0.15) is 12.0 Å². The molecule has 0 fully saturated rings. The van der Waals surface area contributed by atoms with E-state index in [0.717, 1.165) is 5.56 Å². The minimum absolute atomic E-state index is 0.111. The predicted octanol–water partition coefficient (Wildman–Crippen LogP) is 2.14. The molecule has 1 aromatic carbocycles. The molecule has 6 heteroatoms. The van der Waals surface area contributed by atoms with Gasteiger partial charge in [0.25, 0.3) is 5.56 Å². The van der Waals surface area contributed by atoms with Crippen molar-refractivity contribution < 1.29 is 9.53 Å². The highest BCUT2D eigenvalue weighted by atomic mass is 35.5. The Morgan fingerprint density at radius 3 is 2.85 bits per heavy atom. The zero-order valence-corrected chi connectivity index (χ0v) is 11.6. The van der Waals surface area contributed by atoms with E-state index in [0.29, 0.717) is 17.0 Å². The fourth-order valence-corrected chi connectivity index (χ4v) is 1.95.